The molecular formula is C16H19F3N2O3. The monoisotopic (exact) mass is 344 g/mol. The summed E-state index contributed by atoms with van der Waals surface area (Å²) in [5.41, 5.74) is 0.487. The minimum atomic E-state index is -4.40. The molecule has 0 aliphatic carbocycles. The van der Waals surface area contributed by atoms with Crippen molar-refractivity contribution in [1.82, 2.24) is 10.6 Å². The molecular weight excluding hydrogens is 325 g/mol. The van der Waals surface area contributed by atoms with E-state index >= 15 is 0 Å². The van der Waals surface area contributed by atoms with Gasteiger partial charge in [-0.1, -0.05) is 18.2 Å². The van der Waals surface area contributed by atoms with E-state index in [0.29, 0.717) is 5.56 Å². The third-order valence-electron chi connectivity index (χ3n) is 4.23. The van der Waals surface area contributed by atoms with E-state index in [0.717, 1.165) is 19.3 Å². The van der Waals surface area contributed by atoms with Gasteiger partial charge >= 0.3 is 12.2 Å². The molecule has 2 amide bonds. The second kappa shape index (κ2) is 6.88. The molecule has 3 rings (SSSR count). The average molecular weight is 344 g/mol. The maximum atomic E-state index is 12.3. The molecule has 2 fully saturated rings. The number of hydrogen-bond donors (Lipinski definition) is 2. The van der Waals surface area contributed by atoms with Crippen molar-refractivity contribution in [3.05, 3.63) is 29.8 Å². The van der Waals surface area contributed by atoms with Gasteiger partial charge in [0.05, 0.1) is 18.2 Å². The molecule has 3 atom stereocenters. The van der Waals surface area contributed by atoms with Crippen LogP contribution in [0.25, 0.3) is 0 Å². The normalized spacial score (nSPS) is 25.5. The van der Waals surface area contributed by atoms with Gasteiger partial charge in [0.1, 0.15) is 5.75 Å². The first-order valence-electron chi connectivity index (χ1n) is 7.88. The molecule has 5 nitrogen and oxygen atoms in total. The molecule has 2 bridgehead atoms. The van der Waals surface area contributed by atoms with Gasteiger partial charge in [-0.3, -0.25) is 0 Å². The Balaban J connectivity index is 1.50. The molecule has 0 spiro atoms. The molecule has 1 aromatic rings. The number of hydrogen-bond acceptors (Lipinski definition) is 3. The fourth-order valence-corrected chi connectivity index (χ4v) is 3.13. The SMILES string of the molecule is O=C(NCc1ccccc1OCC(F)(F)F)N[C@@H]1C[C@H]2CC[C@@H]1O2. The summed E-state index contributed by atoms with van der Waals surface area (Å²) in [5, 5.41) is 5.52. The second-order valence-corrected chi connectivity index (χ2v) is 6.05. The Morgan fingerprint density at radius 1 is 1.29 bits per heavy atom. The van der Waals surface area contributed by atoms with Crippen LogP contribution >= 0.6 is 0 Å². The first kappa shape index (κ1) is 16.9. The number of carbonyl (C=O) groups excluding carboxylic acids is 1. The van der Waals surface area contributed by atoms with Crippen molar-refractivity contribution in [1.29, 1.82) is 0 Å². The molecule has 2 N–H and O–H groups in total. The zero-order valence-corrected chi connectivity index (χ0v) is 12.9. The molecule has 0 radical (unpaired) electrons. The number of urea groups is 1. The van der Waals surface area contributed by atoms with Crippen LogP contribution in [0.2, 0.25) is 0 Å². The molecule has 2 heterocycles. The van der Waals surface area contributed by atoms with Crippen molar-refractivity contribution >= 4 is 6.03 Å². The smallest absolute Gasteiger partial charge is 0.422 e. The maximum Gasteiger partial charge on any atom is 0.422 e. The first-order chi connectivity index (χ1) is 11.4. The summed E-state index contributed by atoms with van der Waals surface area (Å²) in [7, 11) is 0. The topological polar surface area (TPSA) is 59.6 Å². The Hall–Kier alpha value is -1.96. The highest BCUT2D eigenvalue weighted by Gasteiger charge is 2.41. The molecule has 2 saturated heterocycles. The second-order valence-electron chi connectivity index (χ2n) is 6.05. The van der Waals surface area contributed by atoms with Crippen molar-refractivity contribution in [2.24, 2.45) is 0 Å². The van der Waals surface area contributed by atoms with E-state index in [4.69, 9.17) is 9.47 Å². The summed E-state index contributed by atoms with van der Waals surface area (Å²) in [6, 6.07) is 5.97. The molecule has 132 valence electrons. The van der Waals surface area contributed by atoms with Gasteiger partial charge in [0.15, 0.2) is 6.61 Å². The lowest BCUT2D eigenvalue weighted by atomic mass is 9.96. The fraction of sp³-hybridized carbons (Fsp3) is 0.562. The summed E-state index contributed by atoms with van der Waals surface area (Å²) in [4.78, 5) is 12.0. The third-order valence-corrected chi connectivity index (χ3v) is 4.23. The van der Waals surface area contributed by atoms with Crippen LogP contribution in [0, 0.1) is 0 Å². The maximum absolute atomic E-state index is 12.3. The molecule has 2 aliphatic rings. The number of benzene rings is 1. The fourth-order valence-electron chi connectivity index (χ4n) is 3.13. The van der Waals surface area contributed by atoms with E-state index in [2.05, 4.69) is 10.6 Å². The largest absolute Gasteiger partial charge is 0.484 e. The Kier molecular flexibility index (Phi) is 4.84. The van der Waals surface area contributed by atoms with Gasteiger partial charge in [0.2, 0.25) is 0 Å². The van der Waals surface area contributed by atoms with Crippen molar-refractivity contribution in [3.63, 3.8) is 0 Å². The lowest BCUT2D eigenvalue weighted by Gasteiger charge is -2.20. The van der Waals surface area contributed by atoms with Gasteiger partial charge in [-0.05, 0) is 25.3 Å². The number of amides is 2. The summed E-state index contributed by atoms with van der Waals surface area (Å²) in [5.74, 6) is 0.110. The Bertz CT molecular complexity index is 594. The molecule has 8 heteroatoms. The first-order valence-corrected chi connectivity index (χ1v) is 7.88. The average Bonchev–Trinajstić information content (AvgIpc) is 3.13. The van der Waals surface area contributed by atoms with Crippen molar-refractivity contribution < 1.29 is 27.4 Å². The van der Waals surface area contributed by atoms with Crippen LogP contribution < -0.4 is 15.4 Å². The van der Waals surface area contributed by atoms with Crippen molar-refractivity contribution in [2.75, 3.05) is 6.61 Å². The number of fused-ring (bicyclic) bond motifs is 2. The zero-order valence-electron chi connectivity index (χ0n) is 12.9. The molecule has 2 aliphatic heterocycles. The van der Waals surface area contributed by atoms with Crippen LogP contribution in [0.4, 0.5) is 18.0 Å². The Morgan fingerprint density at radius 3 is 2.75 bits per heavy atom. The number of carbonyl (C=O) groups is 1. The molecule has 0 unspecified atom stereocenters. The quantitative estimate of drug-likeness (QED) is 0.863. The Labute approximate surface area is 137 Å². The summed E-state index contributed by atoms with van der Waals surface area (Å²) >= 11 is 0. The van der Waals surface area contributed by atoms with Crippen LogP contribution in [0.5, 0.6) is 5.75 Å². The van der Waals surface area contributed by atoms with E-state index in [9.17, 15) is 18.0 Å². The van der Waals surface area contributed by atoms with Crippen LogP contribution in [0.15, 0.2) is 24.3 Å². The molecule has 0 aromatic heterocycles. The molecule has 1 aromatic carbocycles. The minimum absolute atomic E-state index is 0.000438. The number of ether oxygens (including phenoxy) is 2. The van der Waals surface area contributed by atoms with E-state index < -0.39 is 12.8 Å². The van der Waals surface area contributed by atoms with E-state index in [1.54, 1.807) is 18.2 Å². The zero-order chi connectivity index (χ0) is 17.2. The van der Waals surface area contributed by atoms with Gasteiger partial charge in [0.25, 0.3) is 0 Å². The predicted molar refractivity (Wildman–Crippen MR) is 79.7 cm³/mol. The lowest BCUT2D eigenvalue weighted by molar-refractivity contribution is -0.153. The molecule has 24 heavy (non-hydrogen) atoms. The van der Waals surface area contributed by atoms with Gasteiger partial charge < -0.3 is 20.1 Å². The van der Waals surface area contributed by atoms with Crippen LogP contribution in [-0.4, -0.2) is 37.1 Å². The highest BCUT2D eigenvalue weighted by molar-refractivity contribution is 5.74. The number of halogens is 3. The van der Waals surface area contributed by atoms with Crippen LogP contribution in [-0.2, 0) is 11.3 Å². The standard InChI is InChI=1S/C16H19F3N2O3/c17-16(18,19)9-23-13-4-2-1-3-10(13)8-20-15(22)21-12-7-11-5-6-14(12)24-11/h1-4,11-12,14H,5-9H2,(H2,20,21,22)/t11-,12-,14+/m1/s1. The predicted octanol–water partition coefficient (Wildman–Crippen LogP) is 2.75. The van der Waals surface area contributed by atoms with Crippen molar-refractivity contribution in [2.45, 2.75) is 50.2 Å². The Morgan fingerprint density at radius 2 is 2.08 bits per heavy atom. The van der Waals surface area contributed by atoms with Gasteiger partial charge in [-0.15, -0.1) is 0 Å². The van der Waals surface area contributed by atoms with Gasteiger partial charge in [0, 0.05) is 12.1 Å². The minimum Gasteiger partial charge on any atom is -0.484 e. The summed E-state index contributed by atoms with van der Waals surface area (Å²) in [6.07, 6.45) is -1.30. The van der Waals surface area contributed by atoms with Gasteiger partial charge in [-0.2, -0.15) is 13.2 Å². The third kappa shape index (κ3) is 4.31. The number of para-hydroxylation sites is 1. The van der Waals surface area contributed by atoms with E-state index in [1.807, 2.05) is 0 Å². The highest BCUT2D eigenvalue weighted by atomic mass is 19.4. The van der Waals surface area contributed by atoms with Crippen molar-refractivity contribution in [3.8, 4) is 5.75 Å². The van der Waals surface area contributed by atoms with E-state index in [1.165, 1.54) is 6.07 Å². The lowest BCUT2D eigenvalue weighted by Crippen LogP contribution is -2.46. The number of rotatable bonds is 5. The summed E-state index contributed by atoms with van der Waals surface area (Å²) in [6.45, 7) is -1.28. The van der Waals surface area contributed by atoms with Crippen LogP contribution in [0.3, 0.4) is 0 Å². The highest BCUT2D eigenvalue weighted by Crippen LogP contribution is 2.34. The number of alkyl halides is 3. The van der Waals surface area contributed by atoms with Gasteiger partial charge in [-0.25, -0.2) is 4.79 Å². The summed E-state index contributed by atoms with van der Waals surface area (Å²) < 4.78 is 47.3. The van der Waals surface area contributed by atoms with Crippen LogP contribution in [0.1, 0.15) is 24.8 Å². The number of nitrogens with one attached hydrogen (secondary N) is 2. The molecule has 0 saturated carbocycles. The van der Waals surface area contributed by atoms with E-state index in [-0.39, 0.29) is 36.6 Å².